The first kappa shape index (κ1) is 31.0. The number of aryl methyl sites for hydroxylation is 1. The Kier molecular flexibility index (Phi) is 11.0. The number of nitrogens with zero attached hydrogens (tertiary/aromatic N) is 2. The average Bonchev–Trinajstić information content (AvgIpc) is 2.93. The van der Waals surface area contributed by atoms with Crippen LogP contribution in [0.3, 0.4) is 0 Å². The summed E-state index contributed by atoms with van der Waals surface area (Å²) in [5.74, 6) is -0.600. The third kappa shape index (κ3) is 8.22. The van der Waals surface area contributed by atoms with Crippen molar-refractivity contribution in [3.8, 4) is 5.75 Å². The molecule has 3 aromatic carbocycles. The fraction of sp³-hybridized carbons (Fsp3) is 0.333. The number of amides is 2. The second-order valence-corrected chi connectivity index (χ2v) is 11.9. The molecule has 0 fully saturated rings. The molecule has 214 valence electrons. The quantitative estimate of drug-likeness (QED) is 0.317. The van der Waals surface area contributed by atoms with Gasteiger partial charge >= 0.3 is 0 Å². The molecular weight excluding hydrogens is 550 g/mol. The lowest BCUT2D eigenvalue weighted by molar-refractivity contribution is -0.140. The summed E-state index contributed by atoms with van der Waals surface area (Å²) in [5.41, 5.74) is 2.81. The number of sulfonamides is 1. The summed E-state index contributed by atoms with van der Waals surface area (Å²) < 4.78 is 32.3. The monoisotopic (exact) mass is 585 g/mol. The van der Waals surface area contributed by atoms with Gasteiger partial charge < -0.3 is 15.0 Å². The van der Waals surface area contributed by atoms with E-state index in [2.05, 4.69) is 5.32 Å². The number of hydrogen-bond acceptors (Lipinski definition) is 5. The van der Waals surface area contributed by atoms with Gasteiger partial charge in [-0.05, 0) is 48.2 Å². The van der Waals surface area contributed by atoms with Crippen LogP contribution in [-0.2, 0) is 32.6 Å². The first-order valence-corrected chi connectivity index (χ1v) is 15.2. The zero-order valence-electron chi connectivity index (χ0n) is 23.3. The molecule has 0 spiro atoms. The van der Waals surface area contributed by atoms with Crippen LogP contribution in [0.4, 0.5) is 5.69 Å². The Labute approximate surface area is 241 Å². The highest BCUT2D eigenvalue weighted by Crippen LogP contribution is 2.33. The van der Waals surface area contributed by atoms with Crippen LogP contribution in [0.25, 0.3) is 0 Å². The van der Waals surface area contributed by atoms with Crippen LogP contribution in [0.2, 0.25) is 5.02 Å². The molecule has 10 heteroatoms. The van der Waals surface area contributed by atoms with E-state index in [0.29, 0.717) is 6.54 Å². The zero-order chi connectivity index (χ0) is 29.3. The lowest BCUT2D eigenvalue weighted by Crippen LogP contribution is -2.53. The lowest BCUT2D eigenvalue weighted by Gasteiger charge is -2.34. The molecule has 0 aliphatic heterocycles. The molecule has 0 aliphatic rings. The Morgan fingerprint density at radius 1 is 1.02 bits per heavy atom. The maximum atomic E-state index is 14.1. The van der Waals surface area contributed by atoms with Crippen LogP contribution in [0.15, 0.2) is 72.8 Å². The number of nitrogens with one attached hydrogen (secondary N) is 1. The first-order valence-electron chi connectivity index (χ1n) is 13.0. The van der Waals surface area contributed by atoms with Gasteiger partial charge in [-0.2, -0.15) is 0 Å². The van der Waals surface area contributed by atoms with Gasteiger partial charge in [-0.3, -0.25) is 13.9 Å². The zero-order valence-corrected chi connectivity index (χ0v) is 24.8. The molecule has 0 heterocycles. The van der Waals surface area contributed by atoms with E-state index in [9.17, 15) is 18.0 Å². The number of carbonyl (C=O) groups excluding carboxylic acids is 2. The molecule has 40 heavy (non-hydrogen) atoms. The second kappa shape index (κ2) is 14.2. The normalized spacial score (nSPS) is 11.9. The Morgan fingerprint density at radius 2 is 1.70 bits per heavy atom. The molecule has 0 radical (unpaired) electrons. The van der Waals surface area contributed by atoms with Crippen LogP contribution in [0, 0.1) is 6.92 Å². The second-order valence-electron chi connectivity index (χ2n) is 9.53. The summed E-state index contributed by atoms with van der Waals surface area (Å²) in [7, 11) is -2.54. The Bertz CT molecular complexity index is 1420. The number of hydrogen-bond donors (Lipinski definition) is 1. The summed E-state index contributed by atoms with van der Waals surface area (Å²) in [5, 5.41) is 3.21. The van der Waals surface area contributed by atoms with Gasteiger partial charge in [0, 0.05) is 24.5 Å². The molecule has 1 N–H and O–H groups in total. The Hall–Kier alpha value is -3.56. The van der Waals surface area contributed by atoms with Crippen LogP contribution >= 0.6 is 11.6 Å². The van der Waals surface area contributed by atoms with Gasteiger partial charge in [-0.25, -0.2) is 8.42 Å². The molecule has 3 rings (SSSR count). The molecule has 3 aromatic rings. The molecule has 8 nitrogen and oxygen atoms in total. The number of rotatable bonds is 13. The van der Waals surface area contributed by atoms with Crippen molar-refractivity contribution in [2.24, 2.45) is 0 Å². The summed E-state index contributed by atoms with van der Waals surface area (Å²) in [6.45, 7) is 3.90. The molecule has 1 atom stereocenters. The standard InChI is InChI=1S/C30H36ClN3O5S/c1-5-17-32-30(36)27(18-23-12-7-6-8-13-23)33(20-24-14-10-9-11-22(24)2)29(35)21-34(40(4,37)38)26-19-25(31)15-16-28(26)39-3/h6-16,19,27H,5,17-18,20-21H2,1-4H3,(H,32,36). The van der Waals surface area contributed by atoms with Crippen LogP contribution in [-0.4, -0.2) is 57.6 Å². The maximum absolute atomic E-state index is 14.1. The van der Waals surface area contributed by atoms with Crippen molar-refractivity contribution in [1.82, 2.24) is 10.2 Å². The van der Waals surface area contributed by atoms with Crippen molar-refractivity contribution in [3.05, 3.63) is 94.5 Å². The van der Waals surface area contributed by atoms with Crippen molar-refractivity contribution >= 4 is 39.1 Å². The molecule has 0 aromatic heterocycles. The SMILES string of the molecule is CCCNC(=O)C(Cc1ccccc1)N(Cc1ccccc1C)C(=O)CN(c1cc(Cl)ccc1OC)S(C)(=O)=O. The highest BCUT2D eigenvalue weighted by molar-refractivity contribution is 7.92. The van der Waals surface area contributed by atoms with E-state index >= 15 is 0 Å². The predicted octanol–water partition coefficient (Wildman–Crippen LogP) is 4.59. The summed E-state index contributed by atoms with van der Waals surface area (Å²) in [6, 6.07) is 20.7. The molecule has 0 aliphatic carbocycles. The minimum Gasteiger partial charge on any atom is -0.495 e. The molecule has 0 saturated heterocycles. The van der Waals surface area contributed by atoms with Gasteiger partial charge in [0.05, 0.1) is 19.1 Å². The van der Waals surface area contributed by atoms with Gasteiger partial charge in [-0.15, -0.1) is 0 Å². The fourth-order valence-corrected chi connectivity index (χ4v) is 5.36. The maximum Gasteiger partial charge on any atom is 0.244 e. The third-order valence-corrected chi connectivity index (χ3v) is 7.87. The molecule has 2 amide bonds. The van der Waals surface area contributed by atoms with E-state index in [-0.39, 0.29) is 35.3 Å². The van der Waals surface area contributed by atoms with E-state index in [4.69, 9.17) is 16.3 Å². The van der Waals surface area contributed by atoms with E-state index < -0.39 is 28.5 Å². The van der Waals surface area contributed by atoms with E-state index in [1.807, 2.05) is 68.4 Å². The number of ether oxygens (including phenoxy) is 1. The third-order valence-electron chi connectivity index (χ3n) is 6.51. The van der Waals surface area contributed by atoms with Crippen molar-refractivity contribution in [1.29, 1.82) is 0 Å². The van der Waals surface area contributed by atoms with Gasteiger partial charge in [0.25, 0.3) is 0 Å². The smallest absolute Gasteiger partial charge is 0.244 e. The highest BCUT2D eigenvalue weighted by Gasteiger charge is 2.33. The van der Waals surface area contributed by atoms with Gasteiger partial charge in [0.1, 0.15) is 18.3 Å². The fourth-order valence-electron chi connectivity index (χ4n) is 4.34. The Balaban J connectivity index is 2.09. The molecule has 0 saturated carbocycles. The molecule has 1 unspecified atom stereocenters. The van der Waals surface area contributed by atoms with Crippen LogP contribution in [0.5, 0.6) is 5.75 Å². The van der Waals surface area contributed by atoms with Gasteiger partial charge in [0.15, 0.2) is 0 Å². The average molecular weight is 586 g/mol. The summed E-state index contributed by atoms with van der Waals surface area (Å²) in [4.78, 5) is 29.2. The van der Waals surface area contributed by atoms with Crippen molar-refractivity contribution < 1.29 is 22.7 Å². The summed E-state index contributed by atoms with van der Waals surface area (Å²) in [6.07, 6.45) is 2.00. The Morgan fingerprint density at radius 3 is 2.33 bits per heavy atom. The van der Waals surface area contributed by atoms with E-state index in [1.165, 1.54) is 18.1 Å². The van der Waals surface area contributed by atoms with E-state index in [0.717, 1.165) is 33.7 Å². The largest absolute Gasteiger partial charge is 0.495 e. The topological polar surface area (TPSA) is 96.0 Å². The van der Waals surface area contributed by atoms with Crippen molar-refractivity contribution in [3.63, 3.8) is 0 Å². The van der Waals surface area contributed by atoms with Gasteiger partial charge in [-0.1, -0.05) is 73.1 Å². The first-order chi connectivity index (χ1) is 19.0. The predicted molar refractivity (Wildman–Crippen MR) is 159 cm³/mol. The van der Waals surface area contributed by atoms with E-state index in [1.54, 1.807) is 12.1 Å². The summed E-state index contributed by atoms with van der Waals surface area (Å²) >= 11 is 6.20. The van der Waals surface area contributed by atoms with Crippen LogP contribution < -0.4 is 14.4 Å². The van der Waals surface area contributed by atoms with Gasteiger partial charge in [0.2, 0.25) is 21.8 Å². The van der Waals surface area contributed by atoms with Crippen LogP contribution in [0.1, 0.15) is 30.0 Å². The number of anilines is 1. The number of benzene rings is 3. The molecule has 0 bridgehead atoms. The van der Waals surface area contributed by atoms with Crippen molar-refractivity contribution in [2.75, 3.05) is 30.8 Å². The number of carbonyl (C=O) groups is 2. The molecular formula is C30H36ClN3O5S. The minimum absolute atomic E-state index is 0.118. The minimum atomic E-state index is -3.95. The highest BCUT2D eigenvalue weighted by atomic mass is 35.5. The number of halogens is 1. The van der Waals surface area contributed by atoms with Crippen molar-refractivity contribution in [2.45, 2.75) is 39.3 Å². The number of methoxy groups -OCH3 is 1. The lowest BCUT2D eigenvalue weighted by atomic mass is 10.0.